The lowest BCUT2D eigenvalue weighted by molar-refractivity contribution is 0.486. The van der Waals surface area contributed by atoms with Crippen LogP contribution in [0.4, 0.5) is 0 Å². The van der Waals surface area contributed by atoms with Crippen molar-refractivity contribution in [2.75, 3.05) is 7.05 Å². The molecule has 0 aliphatic carbocycles. The van der Waals surface area contributed by atoms with Crippen LogP contribution in [0.2, 0.25) is 0 Å². The van der Waals surface area contributed by atoms with E-state index in [9.17, 15) is 0 Å². The van der Waals surface area contributed by atoms with Gasteiger partial charge < -0.3 is 5.32 Å². The van der Waals surface area contributed by atoms with Crippen molar-refractivity contribution < 1.29 is 0 Å². The van der Waals surface area contributed by atoms with E-state index in [0.717, 1.165) is 24.2 Å². The highest BCUT2D eigenvalue weighted by molar-refractivity contribution is 5.04. The Morgan fingerprint density at radius 3 is 2.59 bits per heavy atom. The smallest absolute Gasteiger partial charge is 0.145 e. The first-order valence-electron chi connectivity index (χ1n) is 6.34. The second-order valence-electron chi connectivity index (χ2n) is 4.39. The Kier molecular flexibility index (Phi) is 6.48. The monoisotopic (exact) mass is 233 g/mol. The van der Waals surface area contributed by atoms with Crippen LogP contribution in [-0.4, -0.2) is 17.0 Å². The molecule has 1 unspecified atom stereocenters. The van der Waals surface area contributed by atoms with Crippen molar-refractivity contribution in [2.24, 2.45) is 0 Å². The van der Waals surface area contributed by atoms with Crippen LogP contribution in [-0.2, 0) is 0 Å². The van der Waals surface area contributed by atoms with Crippen molar-refractivity contribution >= 4 is 0 Å². The molecule has 0 spiro atoms. The molecule has 1 N–H and O–H groups in total. The Hall–Kier alpha value is -1.22. The second kappa shape index (κ2) is 7.96. The highest BCUT2D eigenvalue weighted by atomic mass is 15.0. The number of allylic oxidation sites excluding steroid dienone is 1. The van der Waals surface area contributed by atoms with E-state index in [1.54, 1.807) is 0 Å². The topological polar surface area (TPSA) is 37.8 Å². The van der Waals surface area contributed by atoms with Crippen molar-refractivity contribution in [3.63, 3.8) is 0 Å². The van der Waals surface area contributed by atoms with Gasteiger partial charge in [-0.15, -0.1) is 6.58 Å². The molecule has 0 aromatic carbocycles. The van der Waals surface area contributed by atoms with Gasteiger partial charge in [0.05, 0.1) is 6.04 Å². The van der Waals surface area contributed by atoms with Crippen LogP contribution in [0.3, 0.4) is 0 Å². The van der Waals surface area contributed by atoms with Gasteiger partial charge in [0.2, 0.25) is 0 Å². The zero-order valence-corrected chi connectivity index (χ0v) is 10.9. The zero-order valence-electron chi connectivity index (χ0n) is 10.9. The molecule has 0 bridgehead atoms. The summed E-state index contributed by atoms with van der Waals surface area (Å²) in [5.41, 5.74) is 1.11. The van der Waals surface area contributed by atoms with Crippen LogP contribution in [0, 0.1) is 6.92 Å². The molecular weight excluding hydrogens is 210 g/mol. The molecule has 94 valence electrons. The van der Waals surface area contributed by atoms with Gasteiger partial charge in [0.15, 0.2) is 0 Å². The van der Waals surface area contributed by atoms with Crippen LogP contribution in [0.15, 0.2) is 25.0 Å². The average molecular weight is 233 g/mol. The van der Waals surface area contributed by atoms with Gasteiger partial charge >= 0.3 is 0 Å². The number of unbranched alkanes of at least 4 members (excludes halogenated alkanes) is 3. The van der Waals surface area contributed by atoms with E-state index >= 15 is 0 Å². The summed E-state index contributed by atoms with van der Waals surface area (Å²) in [6.45, 7) is 5.74. The first kappa shape index (κ1) is 13.8. The summed E-state index contributed by atoms with van der Waals surface area (Å²) in [5, 5.41) is 3.28. The van der Waals surface area contributed by atoms with Crippen LogP contribution in [0.5, 0.6) is 0 Å². The summed E-state index contributed by atoms with van der Waals surface area (Å²) in [6, 6.07) is 0.277. The van der Waals surface area contributed by atoms with E-state index in [-0.39, 0.29) is 6.04 Å². The van der Waals surface area contributed by atoms with E-state index < -0.39 is 0 Å². The van der Waals surface area contributed by atoms with E-state index in [1.807, 2.05) is 32.4 Å². The predicted molar refractivity (Wildman–Crippen MR) is 71.9 cm³/mol. The number of aryl methyl sites for hydroxylation is 1. The van der Waals surface area contributed by atoms with Gasteiger partial charge in [-0.3, -0.25) is 0 Å². The molecule has 1 aromatic rings. The number of aromatic nitrogens is 2. The molecule has 1 aromatic heterocycles. The Labute approximate surface area is 104 Å². The van der Waals surface area contributed by atoms with Gasteiger partial charge in [-0.25, -0.2) is 9.97 Å². The Balaban J connectivity index is 2.37. The van der Waals surface area contributed by atoms with Gasteiger partial charge in [-0.2, -0.15) is 0 Å². The molecule has 3 heteroatoms. The fourth-order valence-electron chi connectivity index (χ4n) is 1.80. The zero-order chi connectivity index (χ0) is 12.5. The lowest BCUT2D eigenvalue weighted by atomic mass is 10.1. The minimum atomic E-state index is 0.277. The lowest BCUT2D eigenvalue weighted by Crippen LogP contribution is -2.19. The van der Waals surface area contributed by atoms with Crippen molar-refractivity contribution in [3.8, 4) is 0 Å². The number of hydrogen-bond acceptors (Lipinski definition) is 3. The molecule has 3 nitrogen and oxygen atoms in total. The third-order valence-corrected chi connectivity index (χ3v) is 2.86. The number of nitrogens with one attached hydrogen (secondary N) is 1. The van der Waals surface area contributed by atoms with Gasteiger partial charge in [0, 0.05) is 12.4 Å². The molecule has 0 aliphatic heterocycles. The van der Waals surface area contributed by atoms with E-state index in [0.29, 0.717) is 0 Å². The van der Waals surface area contributed by atoms with Crippen LogP contribution >= 0.6 is 0 Å². The highest BCUT2D eigenvalue weighted by Crippen LogP contribution is 2.16. The molecule has 0 saturated heterocycles. The maximum Gasteiger partial charge on any atom is 0.145 e. The molecule has 17 heavy (non-hydrogen) atoms. The maximum atomic E-state index is 4.37. The van der Waals surface area contributed by atoms with Crippen LogP contribution < -0.4 is 5.32 Å². The van der Waals surface area contributed by atoms with Crippen molar-refractivity contribution in [2.45, 2.75) is 45.1 Å². The molecule has 0 amide bonds. The minimum Gasteiger partial charge on any atom is -0.310 e. The first-order valence-corrected chi connectivity index (χ1v) is 6.34. The van der Waals surface area contributed by atoms with Gasteiger partial charge in [-0.1, -0.05) is 18.9 Å². The molecule has 0 fully saturated rings. The summed E-state index contributed by atoms with van der Waals surface area (Å²) in [6.07, 6.45) is 11.6. The van der Waals surface area contributed by atoms with Crippen LogP contribution in [0.1, 0.15) is 49.5 Å². The molecule has 0 radical (unpaired) electrons. The average Bonchev–Trinajstić information content (AvgIpc) is 2.35. The Bertz CT molecular complexity index is 319. The van der Waals surface area contributed by atoms with Crippen molar-refractivity contribution in [3.05, 3.63) is 36.4 Å². The van der Waals surface area contributed by atoms with Crippen LogP contribution in [0.25, 0.3) is 0 Å². The van der Waals surface area contributed by atoms with Gasteiger partial charge in [0.1, 0.15) is 5.82 Å². The largest absolute Gasteiger partial charge is 0.310 e. The standard InChI is InChI=1S/C14H23N3/c1-4-5-6-7-8-9-13(15-3)14-16-10-12(2)11-17-14/h4,10-11,13,15H,1,5-9H2,2-3H3. The summed E-state index contributed by atoms with van der Waals surface area (Å²) in [5.74, 6) is 0.904. The Morgan fingerprint density at radius 2 is 2.00 bits per heavy atom. The summed E-state index contributed by atoms with van der Waals surface area (Å²) in [4.78, 5) is 8.75. The minimum absolute atomic E-state index is 0.277. The SMILES string of the molecule is C=CCCCCCC(NC)c1ncc(C)cn1. The molecule has 1 rings (SSSR count). The van der Waals surface area contributed by atoms with Gasteiger partial charge in [0.25, 0.3) is 0 Å². The fourth-order valence-corrected chi connectivity index (χ4v) is 1.80. The molecular formula is C14H23N3. The third-order valence-electron chi connectivity index (χ3n) is 2.86. The summed E-state index contributed by atoms with van der Waals surface area (Å²) >= 11 is 0. The summed E-state index contributed by atoms with van der Waals surface area (Å²) < 4.78 is 0. The maximum absolute atomic E-state index is 4.37. The summed E-state index contributed by atoms with van der Waals surface area (Å²) in [7, 11) is 1.97. The normalized spacial score (nSPS) is 12.4. The molecule has 0 aliphatic rings. The van der Waals surface area contributed by atoms with Gasteiger partial charge in [-0.05, 0) is 38.8 Å². The van der Waals surface area contributed by atoms with E-state index in [1.165, 1.54) is 19.3 Å². The lowest BCUT2D eigenvalue weighted by Gasteiger charge is -2.14. The predicted octanol–water partition coefficient (Wildman–Crippen LogP) is 3.18. The molecule has 1 heterocycles. The number of nitrogens with zero attached hydrogens (tertiary/aromatic N) is 2. The van der Waals surface area contributed by atoms with E-state index in [4.69, 9.17) is 0 Å². The van der Waals surface area contributed by atoms with E-state index in [2.05, 4.69) is 21.9 Å². The van der Waals surface area contributed by atoms with Crippen molar-refractivity contribution in [1.29, 1.82) is 0 Å². The quantitative estimate of drug-likeness (QED) is 0.553. The third kappa shape index (κ3) is 5.09. The highest BCUT2D eigenvalue weighted by Gasteiger charge is 2.10. The number of hydrogen-bond donors (Lipinski definition) is 1. The molecule has 1 atom stereocenters. The first-order chi connectivity index (χ1) is 8.27. The number of rotatable bonds is 8. The molecule has 0 saturated carbocycles. The van der Waals surface area contributed by atoms with Crippen molar-refractivity contribution in [1.82, 2.24) is 15.3 Å². The fraction of sp³-hybridized carbons (Fsp3) is 0.571. The Morgan fingerprint density at radius 1 is 1.29 bits per heavy atom. The second-order valence-corrected chi connectivity index (χ2v) is 4.39.